The van der Waals surface area contributed by atoms with Crippen molar-refractivity contribution in [2.75, 3.05) is 11.8 Å². The molecular formula is C15H16ClNO3S. The second-order valence-electron chi connectivity index (χ2n) is 4.70. The Morgan fingerprint density at radius 3 is 2.57 bits per heavy atom. The molecule has 0 atom stereocenters. The molecule has 0 aliphatic carbocycles. The van der Waals surface area contributed by atoms with E-state index in [9.17, 15) is 8.42 Å². The Morgan fingerprint density at radius 2 is 1.95 bits per heavy atom. The van der Waals surface area contributed by atoms with Crippen LogP contribution in [0.5, 0.6) is 5.75 Å². The molecule has 0 unspecified atom stereocenters. The number of benzene rings is 2. The average molecular weight is 326 g/mol. The van der Waals surface area contributed by atoms with Gasteiger partial charge in [0.15, 0.2) is 0 Å². The van der Waals surface area contributed by atoms with E-state index in [-0.39, 0.29) is 5.75 Å². The van der Waals surface area contributed by atoms with Gasteiger partial charge in [-0.05, 0) is 24.6 Å². The summed E-state index contributed by atoms with van der Waals surface area (Å²) in [4.78, 5) is 0. The van der Waals surface area contributed by atoms with Gasteiger partial charge in [0.25, 0.3) is 0 Å². The minimum Gasteiger partial charge on any atom is -0.497 e. The van der Waals surface area contributed by atoms with E-state index >= 15 is 0 Å². The van der Waals surface area contributed by atoms with Crippen molar-refractivity contribution in [3.63, 3.8) is 0 Å². The van der Waals surface area contributed by atoms with Crippen LogP contribution in [0.3, 0.4) is 0 Å². The van der Waals surface area contributed by atoms with Gasteiger partial charge >= 0.3 is 0 Å². The fraction of sp³-hybridized carbons (Fsp3) is 0.200. The molecule has 0 spiro atoms. The second-order valence-corrected chi connectivity index (χ2v) is 6.83. The first-order valence-electron chi connectivity index (χ1n) is 6.29. The zero-order valence-corrected chi connectivity index (χ0v) is 13.3. The Bertz CT molecular complexity index is 744. The minimum atomic E-state index is -3.52. The lowest BCUT2D eigenvalue weighted by Gasteiger charge is -2.11. The number of halogens is 1. The molecule has 2 rings (SSSR count). The fourth-order valence-electron chi connectivity index (χ4n) is 1.93. The zero-order chi connectivity index (χ0) is 15.5. The minimum absolute atomic E-state index is 0.100. The van der Waals surface area contributed by atoms with Gasteiger partial charge in [0.1, 0.15) is 5.75 Å². The molecule has 0 aliphatic rings. The maximum absolute atomic E-state index is 12.2. The quantitative estimate of drug-likeness (QED) is 0.913. The van der Waals surface area contributed by atoms with E-state index in [1.54, 1.807) is 24.3 Å². The van der Waals surface area contributed by atoms with Gasteiger partial charge in [-0.3, -0.25) is 4.72 Å². The summed E-state index contributed by atoms with van der Waals surface area (Å²) in [7, 11) is -2.00. The topological polar surface area (TPSA) is 55.4 Å². The third-order valence-corrected chi connectivity index (χ3v) is 4.44. The maximum atomic E-state index is 12.2. The van der Waals surface area contributed by atoms with Gasteiger partial charge in [0, 0.05) is 6.07 Å². The molecule has 4 nitrogen and oxygen atoms in total. The summed E-state index contributed by atoms with van der Waals surface area (Å²) in [5.41, 5.74) is 2.09. The van der Waals surface area contributed by atoms with Crippen molar-refractivity contribution < 1.29 is 13.2 Å². The summed E-state index contributed by atoms with van der Waals surface area (Å²) in [6.07, 6.45) is 0. The van der Waals surface area contributed by atoms with Crippen LogP contribution in [-0.2, 0) is 15.8 Å². The van der Waals surface area contributed by atoms with Crippen molar-refractivity contribution in [2.24, 2.45) is 0 Å². The van der Waals surface area contributed by atoms with Crippen molar-refractivity contribution >= 4 is 27.3 Å². The Morgan fingerprint density at radius 1 is 1.19 bits per heavy atom. The van der Waals surface area contributed by atoms with E-state index in [0.29, 0.717) is 16.5 Å². The molecule has 0 radical (unpaired) electrons. The van der Waals surface area contributed by atoms with Crippen LogP contribution in [0.15, 0.2) is 42.5 Å². The van der Waals surface area contributed by atoms with Gasteiger partial charge in [-0.2, -0.15) is 0 Å². The van der Waals surface area contributed by atoms with Crippen molar-refractivity contribution in [1.82, 2.24) is 0 Å². The van der Waals surface area contributed by atoms with E-state index in [1.807, 2.05) is 25.1 Å². The highest BCUT2D eigenvalue weighted by atomic mass is 35.5. The highest BCUT2D eigenvalue weighted by Gasteiger charge is 2.14. The number of nitrogens with one attached hydrogen (secondary N) is 1. The first-order chi connectivity index (χ1) is 9.89. The number of sulfonamides is 1. The summed E-state index contributed by atoms with van der Waals surface area (Å²) >= 11 is 6.04. The van der Waals surface area contributed by atoms with Crippen LogP contribution in [0.4, 0.5) is 5.69 Å². The number of hydrogen-bond donors (Lipinski definition) is 1. The fourth-order valence-corrected chi connectivity index (χ4v) is 3.41. The molecule has 0 saturated carbocycles. The molecule has 2 aromatic carbocycles. The molecule has 0 aliphatic heterocycles. The smallest absolute Gasteiger partial charge is 0.236 e. The molecule has 6 heteroatoms. The van der Waals surface area contributed by atoms with Crippen molar-refractivity contribution in [3.05, 3.63) is 58.6 Å². The summed E-state index contributed by atoms with van der Waals surface area (Å²) < 4.78 is 31.9. The summed E-state index contributed by atoms with van der Waals surface area (Å²) in [6, 6.07) is 12.2. The predicted octanol–water partition coefficient (Wildman–Crippen LogP) is 3.60. The summed E-state index contributed by atoms with van der Waals surface area (Å²) in [5.74, 6) is 0.471. The zero-order valence-electron chi connectivity index (χ0n) is 11.8. The van der Waals surface area contributed by atoms with E-state index in [2.05, 4.69) is 4.72 Å². The number of aryl methyl sites for hydroxylation is 1. The van der Waals surface area contributed by atoms with E-state index in [1.165, 1.54) is 7.11 Å². The van der Waals surface area contributed by atoms with Gasteiger partial charge < -0.3 is 4.74 Å². The van der Waals surface area contributed by atoms with Crippen LogP contribution >= 0.6 is 11.6 Å². The third-order valence-electron chi connectivity index (χ3n) is 2.88. The van der Waals surface area contributed by atoms with E-state index in [0.717, 1.165) is 11.1 Å². The largest absolute Gasteiger partial charge is 0.497 e. The van der Waals surface area contributed by atoms with E-state index < -0.39 is 10.0 Å². The normalized spacial score (nSPS) is 11.2. The third kappa shape index (κ3) is 4.37. The maximum Gasteiger partial charge on any atom is 0.236 e. The molecule has 1 N–H and O–H groups in total. The molecule has 0 heterocycles. The van der Waals surface area contributed by atoms with Crippen molar-refractivity contribution in [1.29, 1.82) is 0 Å². The molecule has 21 heavy (non-hydrogen) atoms. The lowest BCUT2D eigenvalue weighted by molar-refractivity contribution is 0.415. The first-order valence-corrected chi connectivity index (χ1v) is 8.32. The molecule has 0 fully saturated rings. The summed E-state index contributed by atoms with van der Waals surface area (Å²) in [5, 5.41) is 0.294. The monoisotopic (exact) mass is 325 g/mol. The second kappa shape index (κ2) is 6.37. The van der Waals surface area contributed by atoms with Crippen LogP contribution in [0.2, 0.25) is 5.02 Å². The van der Waals surface area contributed by atoms with Gasteiger partial charge in [-0.1, -0.05) is 41.4 Å². The average Bonchev–Trinajstić information content (AvgIpc) is 2.40. The van der Waals surface area contributed by atoms with E-state index in [4.69, 9.17) is 16.3 Å². The Hall–Kier alpha value is -1.72. The van der Waals surface area contributed by atoms with Crippen molar-refractivity contribution in [3.8, 4) is 5.75 Å². The van der Waals surface area contributed by atoms with Crippen LogP contribution in [0.1, 0.15) is 11.1 Å². The molecule has 0 aromatic heterocycles. The number of hydrogen-bond acceptors (Lipinski definition) is 3. The van der Waals surface area contributed by atoms with Gasteiger partial charge in [0.05, 0.1) is 23.6 Å². The van der Waals surface area contributed by atoms with Crippen molar-refractivity contribution in [2.45, 2.75) is 12.7 Å². The Balaban J connectivity index is 2.18. The Kier molecular flexibility index (Phi) is 4.75. The van der Waals surface area contributed by atoms with Crippen LogP contribution in [0.25, 0.3) is 0 Å². The molecule has 112 valence electrons. The summed E-state index contributed by atoms with van der Waals surface area (Å²) in [6.45, 7) is 1.92. The van der Waals surface area contributed by atoms with Gasteiger partial charge in [-0.25, -0.2) is 8.42 Å². The van der Waals surface area contributed by atoms with Crippen LogP contribution < -0.4 is 9.46 Å². The molecule has 2 aromatic rings. The number of anilines is 1. The molecule has 0 saturated heterocycles. The van der Waals surface area contributed by atoms with Crippen LogP contribution in [0, 0.1) is 6.92 Å². The number of ether oxygens (including phenoxy) is 1. The highest BCUT2D eigenvalue weighted by Crippen LogP contribution is 2.27. The molecule has 0 bridgehead atoms. The predicted molar refractivity (Wildman–Crippen MR) is 85.4 cm³/mol. The van der Waals surface area contributed by atoms with Gasteiger partial charge in [-0.15, -0.1) is 0 Å². The number of methoxy groups -OCH3 is 1. The number of rotatable bonds is 5. The standard InChI is InChI=1S/C15H16ClNO3S/c1-11-4-3-5-12(8-11)10-21(18,19)17-15-7-6-13(20-2)9-14(15)16/h3-9,17H,10H2,1-2H3. The SMILES string of the molecule is COc1ccc(NS(=O)(=O)Cc2cccc(C)c2)c(Cl)c1. The molecule has 0 amide bonds. The van der Waals surface area contributed by atoms with Gasteiger partial charge in [0.2, 0.25) is 10.0 Å². The first kappa shape index (κ1) is 15.7. The Labute approximate surface area is 129 Å². The lowest BCUT2D eigenvalue weighted by atomic mass is 10.2. The molecular weight excluding hydrogens is 310 g/mol. The lowest BCUT2D eigenvalue weighted by Crippen LogP contribution is -2.15. The highest BCUT2D eigenvalue weighted by molar-refractivity contribution is 7.91. The van der Waals surface area contributed by atoms with Crippen LogP contribution in [-0.4, -0.2) is 15.5 Å².